The van der Waals surface area contributed by atoms with Crippen LogP contribution < -0.4 is 0 Å². The Bertz CT molecular complexity index is 167. The third-order valence-electron chi connectivity index (χ3n) is 0.562. The van der Waals surface area contributed by atoms with E-state index in [-0.39, 0.29) is 10.1 Å². The SMILES string of the molecule is O=C/C(Cl)=C(\Cl)C(Cl)(Cl)Cl. The minimum absolute atomic E-state index is 0.297. The number of alkyl halides is 3. The maximum atomic E-state index is 9.94. The van der Waals surface area contributed by atoms with E-state index in [1.807, 2.05) is 0 Å². The van der Waals surface area contributed by atoms with Gasteiger partial charge in [-0.2, -0.15) is 0 Å². The van der Waals surface area contributed by atoms with Crippen molar-refractivity contribution < 1.29 is 4.79 Å². The number of carbonyl (C=O) groups is 1. The van der Waals surface area contributed by atoms with Crippen LogP contribution in [0, 0.1) is 0 Å². The summed E-state index contributed by atoms with van der Waals surface area (Å²) in [6.45, 7) is 0. The van der Waals surface area contributed by atoms with E-state index >= 15 is 0 Å². The number of allylic oxidation sites excluding steroid dienone is 2. The Morgan fingerprint density at radius 1 is 1.20 bits per heavy atom. The quantitative estimate of drug-likeness (QED) is 0.392. The predicted molar refractivity (Wildman–Crippen MR) is 45.1 cm³/mol. The molecule has 0 atom stereocenters. The molecule has 58 valence electrons. The van der Waals surface area contributed by atoms with Crippen molar-refractivity contribution >= 4 is 64.3 Å². The minimum Gasteiger partial charge on any atom is -0.297 e. The van der Waals surface area contributed by atoms with Gasteiger partial charge in [0.25, 0.3) is 0 Å². The Morgan fingerprint density at radius 2 is 1.60 bits per heavy atom. The lowest BCUT2D eigenvalue weighted by Crippen LogP contribution is -2.03. The fourth-order valence-electron chi connectivity index (χ4n) is 0.187. The first-order valence-electron chi connectivity index (χ1n) is 1.97. The molecular weight excluding hydrogens is 241 g/mol. The summed E-state index contributed by atoms with van der Waals surface area (Å²) in [5, 5.41) is -0.601. The second kappa shape index (κ2) is 4.03. The molecule has 0 fully saturated rings. The van der Waals surface area contributed by atoms with Crippen molar-refractivity contribution in [1.82, 2.24) is 0 Å². The van der Waals surface area contributed by atoms with Crippen LogP contribution in [0.2, 0.25) is 0 Å². The van der Waals surface area contributed by atoms with Crippen molar-refractivity contribution in [2.24, 2.45) is 0 Å². The van der Waals surface area contributed by atoms with Gasteiger partial charge in [0.15, 0.2) is 6.29 Å². The van der Waals surface area contributed by atoms with Gasteiger partial charge in [-0.1, -0.05) is 58.0 Å². The lowest BCUT2D eigenvalue weighted by Gasteiger charge is -2.08. The molecular formula is C4HCl5O. The highest BCUT2D eigenvalue weighted by molar-refractivity contribution is 6.73. The number of carbonyl (C=O) groups excluding carboxylic acids is 1. The molecule has 0 rings (SSSR count). The first-order valence-corrected chi connectivity index (χ1v) is 3.86. The van der Waals surface area contributed by atoms with E-state index in [1.165, 1.54) is 0 Å². The number of aldehydes is 1. The van der Waals surface area contributed by atoms with E-state index in [4.69, 9.17) is 58.0 Å². The summed E-state index contributed by atoms with van der Waals surface area (Å²) in [6.07, 6.45) is 0.297. The molecule has 6 heteroatoms. The molecule has 0 saturated heterocycles. The molecule has 0 N–H and O–H groups in total. The van der Waals surface area contributed by atoms with Crippen molar-refractivity contribution in [3.05, 3.63) is 10.1 Å². The minimum atomic E-state index is -1.82. The summed E-state index contributed by atoms with van der Waals surface area (Å²) in [4.78, 5) is 9.94. The van der Waals surface area contributed by atoms with Crippen LogP contribution in [0.15, 0.2) is 10.1 Å². The molecule has 0 aromatic rings. The lowest BCUT2D eigenvalue weighted by atomic mass is 10.5. The highest BCUT2D eigenvalue weighted by Gasteiger charge is 2.27. The Hall–Kier alpha value is 0.860. The maximum absolute atomic E-state index is 9.94. The van der Waals surface area contributed by atoms with Gasteiger partial charge in [-0.05, 0) is 0 Å². The summed E-state index contributed by atoms with van der Waals surface area (Å²) in [6, 6.07) is 0. The zero-order valence-corrected chi connectivity index (χ0v) is 8.16. The van der Waals surface area contributed by atoms with Gasteiger partial charge in [0, 0.05) is 0 Å². The summed E-state index contributed by atoms with van der Waals surface area (Å²) >= 11 is 26.3. The lowest BCUT2D eigenvalue weighted by molar-refractivity contribution is -0.104. The van der Waals surface area contributed by atoms with Gasteiger partial charge in [-0.15, -0.1) is 0 Å². The van der Waals surface area contributed by atoms with Crippen LogP contribution in [0.4, 0.5) is 0 Å². The van der Waals surface area contributed by atoms with E-state index in [0.717, 1.165) is 0 Å². The van der Waals surface area contributed by atoms with Crippen LogP contribution in [-0.2, 0) is 4.79 Å². The first-order chi connectivity index (χ1) is 4.39. The Kier molecular flexibility index (Phi) is 4.38. The molecule has 1 nitrogen and oxygen atoms in total. The van der Waals surface area contributed by atoms with Crippen LogP contribution in [0.5, 0.6) is 0 Å². The third kappa shape index (κ3) is 3.31. The smallest absolute Gasteiger partial charge is 0.227 e. The zero-order valence-electron chi connectivity index (χ0n) is 4.38. The van der Waals surface area contributed by atoms with Crippen molar-refractivity contribution in [3.8, 4) is 0 Å². The van der Waals surface area contributed by atoms with Gasteiger partial charge in [-0.3, -0.25) is 4.79 Å². The molecule has 0 amide bonds. The summed E-state index contributed by atoms with van der Waals surface area (Å²) < 4.78 is -1.82. The average molecular weight is 242 g/mol. The molecule has 0 aliphatic heterocycles. The topological polar surface area (TPSA) is 17.1 Å². The van der Waals surface area contributed by atoms with Crippen LogP contribution in [-0.4, -0.2) is 10.1 Å². The van der Waals surface area contributed by atoms with Gasteiger partial charge in [0.2, 0.25) is 3.79 Å². The van der Waals surface area contributed by atoms with Crippen LogP contribution in [0.1, 0.15) is 0 Å². The van der Waals surface area contributed by atoms with E-state index < -0.39 is 3.79 Å². The molecule has 0 aliphatic rings. The summed E-state index contributed by atoms with van der Waals surface area (Å²) in [5.41, 5.74) is 0. The van der Waals surface area contributed by atoms with Crippen molar-refractivity contribution in [2.75, 3.05) is 0 Å². The predicted octanol–water partition coefficient (Wildman–Crippen LogP) is 3.24. The Balaban J connectivity index is 4.63. The maximum Gasteiger partial charge on any atom is 0.227 e. The molecule has 0 saturated carbocycles. The Labute approximate surface area is 82.8 Å². The normalized spacial score (nSPS) is 14.5. The largest absolute Gasteiger partial charge is 0.297 e. The van der Waals surface area contributed by atoms with Crippen molar-refractivity contribution in [3.63, 3.8) is 0 Å². The highest BCUT2D eigenvalue weighted by atomic mass is 35.6. The average Bonchev–Trinajstić information content (AvgIpc) is 1.83. The van der Waals surface area contributed by atoms with Crippen molar-refractivity contribution in [2.45, 2.75) is 3.79 Å². The van der Waals surface area contributed by atoms with Crippen LogP contribution >= 0.6 is 58.0 Å². The molecule has 10 heavy (non-hydrogen) atoms. The van der Waals surface area contributed by atoms with Gasteiger partial charge < -0.3 is 0 Å². The van der Waals surface area contributed by atoms with Gasteiger partial charge >= 0.3 is 0 Å². The van der Waals surface area contributed by atoms with E-state index in [1.54, 1.807) is 0 Å². The third-order valence-corrected chi connectivity index (χ3v) is 2.28. The molecule has 0 aliphatic carbocycles. The number of hydrogen-bond acceptors (Lipinski definition) is 1. The fourth-order valence-corrected chi connectivity index (χ4v) is 0.824. The number of rotatable bonds is 1. The fraction of sp³-hybridized carbons (Fsp3) is 0.250. The molecule has 0 spiro atoms. The standard InChI is InChI=1S/C4HCl5O/c5-2(1-10)3(6)4(7,8)9/h1H/b3-2+. The second-order valence-electron chi connectivity index (χ2n) is 1.28. The molecule has 0 bridgehead atoms. The van der Waals surface area contributed by atoms with E-state index in [9.17, 15) is 4.79 Å². The van der Waals surface area contributed by atoms with E-state index in [2.05, 4.69) is 0 Å². The van der Waals surface area contributed by atoms with Crippen LogP contribution in [0.25, 0.3) is 0 Å². The second-order valence-corrected chi connectivity index (χ2v) is 4.34. The van der Waals surface area contributed by atoms with Crippen molar-refractivity contribution in [1.29, 1.82) is 0 Å². The molecule has 0 aromatic heterocycles. The first kappa shape index (κ1) is 10.9. The van der Waals surface area contributed by atoms with Gasteiger partial charge in [0.05, 0.1) is 10.1 Å². The Morgan fingerprint density at radius 3 is 1.70 bits per heavy atom. The zero-order chi connectivity index (χ0) is 8.36. The summed E-state index contributed by atoms with van der Waals surface area (Å²) in [7, 11) is 0. The van der Waals surface area contributed by atoms with Gasteiger partial charge in [-0.25, -0.2) is 0 Å². The summed E-state index contributed by atoms with van der Waals surface area (Å²) in [5.74, 6) is 0. The number of hydrogen-bond donors (Lipinski definition) is 0. The number of halogens is 5. The monoisotopic (exact) mass is 240 g/mol. The van der Waals surface area contributed by atoms with E-state index in [0.29, 0.717) is 6.29 Å². The van der Waals surface area contributed by atoms with Gasteiger partial charge in [0.1, 0.15) is 0 Å². The van der Waals surface area contributed by atoms with Crippen LogP contribution in [0.3, 0.4) is 0 Å². The molecule has 0 aromatic carbocycles. The molecule has 0 heterocycles. The molecule has 0 unspecified atom stereocenters. The highest BCUT2D eigenvalue weighted by Crippen LogP contribution is 2.39. The molecule has 0 radical (unpaired) electrons.